The summed E-state index contributed by atoms with van der Waals surface area (Å²) in [6.07, 6.45) is 0. The molecule has 3 nitrogen and oxygen atoms in total. The molecule has 0 radical (unpaired) electrons. The molecule has 2 amide bonds. The SMILES string of the molecule is Cc1ccc(N(C(N)=O)c2cccc(C)c2C)cc1. The zero-order valence-corrected chi connectivity index (χ0v) is 11.5. The maximum absolute atomic E-state index is 11.8. The molecule has 2 N–H and O–H groups in total. The fourth-order valence-corrected chi connectivity index (χ4v) is 2.06. The first-order valence-electron chi connectivity index (χ1n) is 6.23. The molecule has 0 aliphatic heterocycles. The highest BCUT2D eigenvalue weighted by Gasteiger charge is 2.17. The Labute approximate surface area is 113 Å². The third kappa shape index (κ3) is 2.60. The van der Waals surface area contributed by atoms with E-state index in [-0.39, 0.29) is 0 Å². The number of urea groups is 1. The second-order valence-electron chi connectivity index (χ2n) is 4.73. The number of nitrogens with two attached hydrogens (primary N) is 1. The van der Waals surface area contributed by atoms with E-state index in [0.29, 0.717) is 0 Å². The summed E-state index contributed by atoms with van der Waals surface area (Å²) in [5.41, 5.74) is 10.5. The molecule has 0 saturated carbocycles. The number of hydrogen-bond donors (Lipinski definition) is 1. The van der Waals surface area contributed by atoms with Crippen LogP contribution in [0.5, 0.6) is 0 Å². The number of aryl methyl sites for hydroxylation is 2. The van der Waals surface area contributed by atoms with Gasteiger partial charge in [0.15, 0.2) is 0 Å². The summed E-state index contributed by atoms with van der Waals surface area (Å²) in [5.74, 6) is 0. The van der Waals surface area contributed by atoms with Gasteiger partial charge in [0, 0.05) is 0 Å². The van der Waals surface area contributed by atoms with Gasteiger partial charge < -0.3 is 5.73 Å². The molecule has 0 saturated heterocycles. The number of carbonyl (C=O) groups excluding carboxylic acids is 1. The highest BCUT2D eigenvalue weighted by atomic mass is 16.2. The minimum Gasteiger partial charge on any atom is -0.351 e. The molecule has 2 aromatic rings. The number of amides is 2. The highest BCUT2D eigenvalue weighted by molar-refractivity contribution is 5.99. The third-order valence-electron chi connectivity index (χ3n) is 3.33. The minimum atomic E-state index is -0.474. The number of carbonyl (C=O) groups is 1. The van der Waals surface area contributed by atoms with E-state index in [9.17, 15) is 4.79 Å². The molecule has 0 spiro atoms. The van der Waals surface area contributed by atoms with Gasteiger partial charge in [0.2, 0.25) is 0 Å². The Hall–Kier alpha value is -2.29. The molecule has 0 heterocycles. The topological polar surface area (TPSA) is 46.3 Å². The van der Waals surface area contributed by atoms with E-state index >= 15 is 0 Å². The van der Waals surface area contributed by atoms with Crippen LogP contribution in [0, 0.1) is 20.8 Å². The van der Waals surface area contributed by atoms with Gasteiger partial charge in [0.05, 0.1) is 11.4 Å². The lowest BCUT2D eigenvalue weighted by atomic mass is 10.1. The second-order valence-corrected chi connectivity index (χ2v) is 4.73. The number of anilines is 2. The number of primary amides is 1. The van der Waals surface area contributed by atoms with Gasteiger partial charge in [-0.2, -0.15) is 0 Å². The van der Waals surface area contributed by atoms with Crippen molar-refractivity contribution in [3.8, 4) is 0 Å². The van der Waals surface area contributed by atoms with Crippen molar-refractivity contribution < 1.29 is 4.79 Å². The lowest BCUT2D eigenvalue weighted by molar-refractivity contribution is 0.256. The molecular formula is C16H18N2O. The smallest absolute Gasteiger partial charge is 0.323 e. The molecule has 98 valence electrons. The van der Waals surface area contributed by atoms with Gasteiger partial charge in [-0.3, -0.25) is 4.90 Å². The van der Waals surface area contributed by atoms with Crippen molar-refractivity contribution in [3.63, 3.8) is 0 Å². The van der Waals surface area contributed by atoms with E-state index in [1.807, 2.05) is 63.2 Å². The Morgan fingerprint density at radius 3 is 2.21 bits per heavy atom. The summed E-state index contributed by atoms with van der Waals surface area (Å²) < 4.78 is 0. The maximum Gasteiger partial charge on any atom is 0.323 e. The van der Waals surface area contributed by atoms with Gasteiger partial charge in [-0.1, -0.05) is 29.8 Å². The van der Waals surface area contributed by atoms with E-state index in [0.717, 1.165) is 28.1 Å². The molecule has 2 aromatic carbocycles. The van der Waals surface area contributed by atoms with Crippen molar-refractivity contribution in [3.05, 3.63) is 59.2 Å². The Morgan fingerprint density at radius 2 is 1.63 bits per heavy atom. The molecule has 0 aliphatic rings. The zero-order chi connectivity index (χ0) is 14.0. The molecule has 2 rings (SSSR count). The van der Waals surface area contributed by atoms with Crippen LogP contribution in [0.3, 0.4) is 0 Å². The fourth-order valence-electron chi connectivity index (χ4n) is 2.06. The fraction of sp³-hybridized carbons (Fsp3) is 0.188. The first kappa shape index (κ1) is 13.1. The van der Waals surface area contributed by atoms with Crippen LogP contribution in [0.2, 0.25) is 0 Å². The van der Waals surface area contributed by atoms with E-state index in [4.69, 9.17) is 5.73 Å². The summed E-state index contributed by atoms with van der Waals surface area (Å²) in [7, 11) is 0. The zero-order valence-electron chi connectivity index (χ0n) is 11.5. The van der Waals surface area contributed by atoms with Crippen LogP contribution in [0.25, 0.3) is 0 Å². The van der Waals surface area contributed by atoms with Gasteiger partial charge in [0.25, 0.3) is 0 Å². The van der Waals surface area contributed by atoms with Gasteiger partial charge in [-0.05, 0) is 50.1 Å². The van der Waals surface area contributed by atoms with Crippen LogP contribution >= 0.6 is 0 Å². The Morgan fingerprint density at radius 1 is 1.00 bits per heavy atom. The Kier molecular flexibility index (Phi) is 3.56. The number of benzene rings is 2. The predicted octanol–water partition coefficient (Wildman–Crippen LogP) is 3.83. The largest absolute Gasteiger partial charge is 0.351 e. The van der Waals surface area contributed by atoms with Crippen molar-refractivity contribution in [2.24, 2.45) is 5.73 Å². The van der Waals surface area contributed by atoms with Gasteiger partial charge in [-0.15, -0.1) is 0 Å². The summed E-state index contributed by atoms with van der Waals surface area (Å²) in [6.45, 7) is 6.03. The normalized spacial score (nSPS) is 10.3. The van der Waals surface area contributed by atoms with Gasteiger partial charge in [0.1, 0.15) is 0 Å². The first-order valence-corrected chi connectivity index (χ1v) is 6.23. The van der Waals surface area contributed by atoms with Crippen molar-refractivity contribution in [1.29, 1.82) is 0 Å². The van der Waals surface area contributed by atoms with Gasteiger partial charge >= 0.3 is 6.03 Å². The number of rotatable bonds is 2. The van der Waals surface area contributed by atoms with E-state index in [1.165, 1.54) is 0 Å². The quantitative estimate of drug-likeness (QED) is 0.869. The lowest BCUT2D eigenvalue weighted by Crippen LogP contribution is -2.32. The molecular weight excluding hydrogens is 236 g/mol. The molecule has 0 aromatic heterocycles. The van der Waals surface area contributed by atoms with Crippen LogP contribution in [0.4, 0.5) is 16.2 Å². The summed E-state index contributed by atoms with van der Waals surface area (Å²) in [6, 6.07) is 13.1. The molecule has 0 fully saturated rings. The molecule has 0 aliphatic carbocycles. The molecule has 3 heteroatoms. The first-order chi connectivity index (χ1) is 9.00. The van der Waals surface area contributed by atoms with Crippen LogP contribution in [0.1, 0.15) is 16.7 Å². The average molecular weight is 254 g/mol. The summed E-state index contributed by atoms with van der Waals surface area (Å²) in [5, 5.41) is 0. The second kappa shape index (κ2) is 5.14. The monoisotopic (exact) mass is 254 g/mol. The van der Waals surface area contributed by atoms with Crippen molar-refractivity contribution in [2.75, 3.05) is 4.90 Å². The van der Waals surface area contributed by atoms with E-state index in [2.05, 4.69) is 0 Å². The van der Waals surface area contributed by atoms with Crippen LogP contribution in [-0.2, 0) is 0 Å². The molecule has 0 bridgehead atoms. The third-order valence-corrected chi connectivity index (χ3v) is 3.33. The maximum atomic E-state index is 11.8. The minimum absolute atomic E-state index is 0.474. The van der Waals surface area contributed by atoms with Crippen molar-refractivity contribution >= 4 is 17.4 Å². The molecule has 19 heavy (non-hydrogen) atoms. The Balaban J connectivity index is 2.55. The molecule has 0 atom stereocenters. The van der Waals surface area contributed by atoms with Crippen LogP contribution in [0.15, 0.2) is 42.5 Å². The van der Waals surface area contributed by atoms with Crippen molar-refractivity contribution in [1.82, 2.24) is 0 Å². The predicted molar refractivity (Wildman–Crippen MR) is 78.8 cm³/mol. The van der Waals surface area contributed by atoms with Gasteiger partial charge in [-0.25, -0.2) is 4.79 Å². The summed E-state index contributed by atoms with van der Waals surface area (Å²) >= 11 is 0. The molecule has 0 unspecified atom stereocenters. The van der Waals surface area contributed by atoms with Crippen LogP contribution in [-0.4, -0.2) is 6.03 Å². The number of nitrogens with zero attached hydrogens (tertiary/aromatic N) is 1. The van der Waals surface area contributed by atoms with Crippen LogP contribution < -0.4 is 10.6 Å². The van der Waals surface area contributed by atoms with E-state index < -0.39 is 6.03 Å². The average Bonchev–Trinajstić information content (AvgIpc) is 2.37. The standard InChI is InChI=1S/C16H18N2O/c1-11-7-9-14(10-8-11)18(16(17)19)15-6-4-5-12(2)13(15)3/h4-10H,1-3H3,(H2,17,19). The Bertz CT molecular complexity index is 603. The number of hydrogen-bond acceptors (Lipinski definition) is 1. The highest BCUT2D eigenvalue weighted by Crippen LogP contribution is 2.29. The summed E-state index contributed by atoms with van der Waals surface area (Å²) in [4.78, 5) is 13.3. The van der Waals surface area contributed by atoms with E-state index in [1.54, 1.807) is 4.90 Å². The lowest BCUT2D eigenvalue weighted by Gasteiger charge is -2.23. The van der Waals surface area contributed by atoms with Crippen molar-refractivity contribution in [2.45, 2.75) is 20.8 Å².